The molecule has 1 aliphatic heterocycles. The summed E-state index contributed by atoms with van der Waals surface area (Å²) in [5.74, 6) is -12.3. The molecule has 1 rings (SSSR count). The van der Waals surface area contributed by atoms with Gasteiger partial charge in [0.1, 0.15) is 6.61 Å². The van der Waals surface area contributed by atoms with Gasteiger partial charge >= 0.3 is 47.6 Å². The van der Waals surface area contributed by atoms with Gasteiger partial charge in [0.2, 0.25) is 5.91 Å². The van der Waals surface area contributed by atoms with Gasteiger partial charge in [0.05, 0.1) is 6.42 Å². The fourth-order valence-electron chi connectivity index (χ4n) is 3.99. The van der Waals surface area contributed by atoms with Gasteiger partial charge in [-0.2, -0.15) is 0 Å². The first-order valence-corrected chi connectivity index (χ1v) is 11.6. The maximum atomic E-state index is 12.5. The number of amides is 1. The molecule has 0 radical (unpaired) electrons. The van der Waals surface area contributed by atoms with E-state index in [0.717, 1.165) is 48.5 Å². The summed E-state index contributed by atoms with van der Waals surface area (Å²) in [6.07, 6.45) is -9.19. The minimum atomic E-state index is -3.00. The third kappa shape index (κ3) is 8.89. The predicted octanol–water partition coefficient (Wildman–Crippen LogP) is -1.13. The molecule has 17 heteroatoms. The van der Waals surface area contributed by atoms with Crippen LogP contribution >= 0.6 is 0 Å². The molecule has 6 atom stereocenters. The molecule has 1 saturated heterocycles. The number of ether oxygens (including phenoxy) is 7. The summed E-state index contributed by atoms with van der Waals surface area (Å²) in [6.45, 7) is 5.54. The largest absolute Gasteiger partial charge is 0.476 e. The van der Waals surface area contributed by atoms with Gasteiger partial charge in [0.25, 0.3) is 5.72 Å². The third-order valence-corrected chi connectivity index (χ3v) is 5.03. The monoisotopic (exact) mass is 577 g/mol. The molecule has 224 valence electrons. The zero-order valence-corrected chi connectivity index (χ0v) is 22.8. The van der Waals surface area contributed by atoms with E-state index in [4.69, 9.17) is 33.2 Å². The number of esters is 6. The van der Waals surface area contributed by atoms with Crippen molar-refractivity contribution in [1.82, 2.24) is 5.32 Å². The van der Waals surface area contributed by atoms with Crippen LogP contribution in [0.4, 0.5) is 0 Å². The molecule has 0 aromatic heterocycles. The van der Waals surface area contributed by atoms with Gasteiger partial charge in [0, 0.05) is 48.5 Å². The molecule has 1 fully saturated rings. The van der Waals surface area contributed by atoms with E-state index in [0.29, 0.717) is 0 Å². The van der Waals surface area contributed by atoms with Crippen LogP contribution in [0.1, 0.15) is 54.9 Å². The highest BCUT2D eigenvalue weighted by Crippen LogP contribution is 2.43. The quantitative estimate of drug-likeness (QED) is 0.168. The summed E-state index contributed by atoms with van der Waals surface area (Å²) >= 11 is 0. The van der Waals surface area contributed by atoms with Crippen LogP contribution in [0.25, 0.3) is 0 Å². The molecular weight excluding hydrogens is 546 g/mol. The Morgan fingerprint density at radius 1 is 0.800 bits per heavy atom. The smallest absolute Gasteiger partial charge is 0.377 e. The Morgan fingerprint density at radius 3 is 1.75 bits per heavy atom. The van der Waals surface area contributed by atoms with Crippen molar-refractivity contribution in [2.75, 3.05) is 6.61 Å². The van der Waals surface area contributed by atoms with E-state index in [-0.39, 0.29) is 0 Å². The lowest BCUT2D eigenvalue weighted by Gasteiger charge is -2.53. The van der Waals surface area contributed by atoms with Crippen molar-refractivity contribution in [3.8, 4) is 0 Å². The zero-order chi connectivity index (χ0) is 31.0. The molecule has 0 aromatic rings. The van der Waals surface area contributed by atoms with Crippen LogP contribution in [-0.2, 0) is 71.5 Å². The summed E-state index contributed by atoms with van der Waals surface area (Å²) in [5.41, 5.74) is -2.70. The number of nitrogens with one attached hydrogen (secondary N) is 1. The normalized spacial score (nSPS) is 25.2. The number of carbonyl (C=O) groups excluding carboxylic acids is 7. The molecule has 40 heavy (non-hydrogen) atoms. The SMILES string of the molecule is CC(=O)N[C@]1(OC(C)=O)C([C@@H](OC(C)=O)[C@H](COC(C)=O)OC(C)=O)O[C@](OC(C)=O)(C(=O)O)C[C@@H]1OC(C)=O. The number of carboxylic acid groups (broad SMARTS) is 1. The minimum absolute atomic E-state index is 0.825. The number of hydrogen-bond donors (Lipinski definition) is 2. The lowest BCUT2D eigenvalue weighted by Crippen LogP contribution is -2.77. The van der Waals surface area contributed by atoms with Crippen LogP contribution in [0.2, 0.25) is 0 Å². The van der Waals surface area contributed by atoms with Crippen LogP contribution in [-0.4, -0.2) is 95.3 Å². The van der Waals surface area contributed by atoms with E-state index in [1.165, 1.54) is 0 Å². The molecule has 1 unspecified atom stereocenters. The Kier molecular flexibility index (Phi) is 11.5. The van der Waals surface area contributed by atoms with Crippen molar-refractivity contribution in [1.29, 1.82) is 0 Å². The van der Waals surface area contributed by atoms with Gasteiger partial charge in [0.15, 0.2) is 24.4 Å². The molecule has 17 nitrogen and oxygen atoms in total. The van der Waals surface area contributed by atoms with Gasteiger partial charge < -0.3 is 43.6 Å². The molecule has 1 amide bonds. The van der Waals surface area contributed by atoms with Crippen LogP contribution < -0.4 is 5.32 Å². The van der Waals surface area contributed by atoms with E-state index in [1.54, 1.807) is 0 Å². The van der Waals surface area contributed by atoms with E-state index in [2.05, 4.69) is 5.32 Å². The summed E-state index contributed by atoms with van der Waals surface area (Å²) in [6, 6.07) is 0. The lowest BCUT2D eigenvalue weighted by molar-refractivity contribution is -0.348. The highest BCUT2D eigenvalue weighted by atomic mass is 16.8. The molecule has 0 bridgehead atoms. The van der Waals surface area contributed by atoms with E-state index >= 15 is 0 Å². The van der Waals surface area contributed by atoms with Crippen LogP contribution in [0.3, 0.4) is 0 Å². The fraction of sp³-hybridized carbons (Fsp3) is 0.652. The predicted molar refractivity (Wildman–Crippen MR) is 123 cm³/mol. The average Bonchev–Trinajstić information content (AvgIpc) is 2.75. The van der Waals surface area contributed by atoms with Gasteiger partial charge in [-0.15, -0.1) is 0 Å². The minimum Gasteiger partial charge on any atom is -0.476 e. The highest BCUT2D eigenvalue weighted by Gasteiger charge is 2.69. The number of rotatable bonds is 11. The third-order valence-electron chi connectivity index (χ3n) is 5.03. The Morgan fingerprint density at radius 2 is 1.35 bits per heavy atom. The highest BCUT2D eigenvalue weighted by molar-refractivity contribution is 5.81. The fourth-order valence-corrected chi connectivity index (χ4v) is 3.99. The van der Waals surface area contributed by atoms with E-state index in [1.807, 2.05) is 0 Å². The molecule has 0 aromatic carbocycles. The number of carbonyl (C=O) groups is 8. The first kappa shape index (κ1) is 33.7. The van der Waals surface area contributed by atoms with Crippen LogP contribution in [0.5, 0.6) is 0 Å². The Hall–Kier alpha value is -4.28. The van der Waals surface area contributed by atoms with Crippen LogP contribution in [0, 0.1) is 0 Å². The first-order valence-electron chi connectivity index (χ1n) is 11.6. The average molecular weight is 577 g/mol. The Balaban J connectivity index is 4.16. The van der Waals surface area contributed by atoms with Gasteiger partial charge in [-0.3, -0.25) is 33.6 Å². The number of aliphatic carboxylic acids is 1. The van der Waals surface area contributed by atoms with Crippen molar-refractivity contribution < 1.29 is 76.6 Å². The topological polar surface area (TPSA) is 233 Å². The Labute approximate surface area is 227 Å². The lowest BCUT2D eigenvalue weighted by atomic mass is 9.84. The maximum Gasteiger partial charge on any atom is 0.377 e. The zero-order valence-electron chi connectivity index (χ0n) is 22.8. The molecule has 1 heterocycles. The van der Waals surface area contributed by atoms with Crippen molar-refractivity contribution >= 4 is 47.7 Å². The molecular formula is C23H31NO16. The van der Waals surface area contributed by atoms with Crippen molar-refractivity contribution in [2.24, 2.45) is 0 Å². The summed E-state index contributed by atoms with van der Waals surface area (Å²) in [4.78, 5) is 96.9. The van der Waals surface area contributed by atoms with Crippen molar-refractivity contribution in [3.05, 3.63) is 0 Å². The summed E-state index contributed by atoms with van der Waals surface area (Å²) < 4.78 is 36.6. The second kappa shape index (κ2) is 13.7. The first-order chi connectivity index (χ1) is 18.3. The summed E-state index contributed by atoms with van der Waals surface area (Å²) in [5, 5.41) is 12.3. The van der Waals surface area contributed by atoms with Crippen molar-refractivity contribution in [2.45, 2.75) is 90.8 Å². The van der Waals surface area contributed by atoms with E-state index < -0.39 is 96.6 Å². The number of carboxylic acids is 1. The molecule has 2 N–H and O–H groups in total. The van der Waals surface area contributed by atoms with Gasteiger partial charge in [-0.25, -0.2) is 4.79 Å². The second-order valence-corrected chi connectivity index (χ2v) is 8.58. The molecule has 1 aliphatic rings. The molecule has 0 spiro atoms. The van der Waals surface area contributed by atoms with Crippen LogP contribution in [0.15, 0.2) is 0 Å². The maximum absolute atomic E-state index is 12.5. The summed E-state index contributed by atoms with van der Waals surface area (Å²) in [7, 11) is 0. The molecule has 0 aliphatic carbocycles. The van der Waals surface area contributed by atoms with E-state index in [9.17, 15) is 43.5 Å². The number of hydrogen-bond acceptors (Lipinski definition) is 15. The second-order valence-electron chi connectivity index (χ2n) is 8.58. The molecule has 0 saturated carbocycles. The Bertz CT molecular complexity index is 1040. The standard InChI is InChI=1S/C23H31NO16/c1-10(25)24-23(39-16(7)31)18(36-13(4)28)8-22(21(32)33,38-15(6)30)40-20(23)19(37-14(5)29)17(35-12(3)27)9-34-11(2)26/h17-20H,8-9H2,1-7H3,(H,24,25)(H,32,33)/t17-,18-,19-,20?,22-,23+/m0/s1. The van der Waals surface area contributed by atoms with Gasteiger partial charge in [-0.05, 0) is 0 Å². The van der Waals surface area contributed by atoms with Crippen molar-refractivity contribution in [3.63, 3.8) is 0 Å². The van der Waals surface area contributed by atoms with Gasteiger partial charge in [-0.1, -0.05) is 0 Å².